The molecule has 1 heterocycles. The van der Waals surface area contributed by atoms with Crippen molar-refractivity contribution in [3.8, 4) is 17.2 Å². The number of carbonyl (C=O) groups is 2. The number of amides is 2. The summed E-state index contributed by atoms with van der Waals surface area (Å²) < 4.78 is 29.5. The summed E-state index contributed by atoms with van der Waals surface area (Å²) in [4.78, 5) is 30.2. The Morgan fingerprint density at radius 2 is 1.57 bits per heavy atom. The van der Waals surface area contributed by atoms with Gasteiger partial charge >= 0.3 is 0 Å². The van der Waals surface area contributed by atoms with E-state index in [4.69, 9.17) is 14.2 Å². The Labute approximate surface area is 205 Å². The Balaban J connectivity index is 1.61. The van der Waals surface area contributed by atoms with Crippen LogP contribution in [0.15, 0.2) is 36.4 Å². The summed E-state index contributed by atoms with van der Waals surface area (Å²) in [5, 5.41) is 2.89. The van der Waals surface area contributed by atoms with E-state index in [9.17, 15) is 14.0 Å². The summed E-state index contributed by atoms with van der Waals surface area (Å²) in [7, 11) is 4.47. The molecule has 2 aromatic carbocycles. The van der Waals surface area contributed by atoms with Crippen LogP contribution in [0.25, 0.3) is 0 Å². The van der Waals surface area contributed by atoms with Crippen molar-refractivity contribution < 1.29 is 28.2 Å². The molecule has 0 bridgehead atoms. The number of halogens is 1. The molecule has 1 atom stereocenters. The van der Waals surface area contributed by atoms with Crippen molar-refractivity contribution in [2.24, 2.45) is 5.92 Å². The predicted octanol–water partition coefficient (Wildman–Crippen LogP) is 2.95. The van der Waals surface area contributed by atoms with E-state index < -0.39 is 6.04 Å². The summed E-state index contributed by atoms with van der Waals surface area (Å²) in [6, 6.07) is 9.19. The minimum absolute atomic E-state index is 0.0979. The van der Waals surface area contributed by atoms with E-state index in [1.54, 1.807) is 29.2 Å². The molecule has 0 radical (unpaired) electrons. The molecule has 1 aliphatic heterocycles. The van der Waals surface area contributed by atoms with Gasteiger partial charge in [-0.15, -0.1) is 0 Å². The van der Waals surface area contributed by atoms with Crippen molar-refractivity contribution in [3.63, 3.8) is 0 Å². The van der Waals surface area contributed by atoms with E-state index in [0.29, 0.717) is 49.8 Å². The second-order valence-electron chi connectivity index (χ2n) is 8.87. The Bertz CT molecular complexity index is 1020. The first-order valence-electron chi connectivity index (χ1n) is 11.6. The number of benzene rings is 2. The summed E-state index contributed by atoms with van der Waals surface area (Å²) in [5.74, 6) is 0.248. The molecule has 2 aromatic rings. The van der Waals surface area contributed by atoms with Gasteiger partial charge in [0.25, 0.3) is 5.91 Å². The van der Waals surface area contributed by atoms with Crippen LogP contribution in [-0.2, 0) is 11.3 Å². The molecule has 1 N–H and O–H groups in total. The molecule has 3 rings (SSSR count). The lowest BCUT2D eigenvalue weighted by Crippen LogP contribution is -2.56. The molecule has 2 amide bonds. The number of nitrogens with zero attached hydrogens (tertiary/aromatic N) is 2. The standard InChI is InChI=1S/C26H34FN3O5/c1-17(2)24(28-25(31)19-13-20(33-3)15-21(14-19)34-4)26(32)30-10-8-29(9-11-30)16-18-6-7-23(35-5)22(27)12-18/h6-7,12-15,17,24H,8-11,16H2,1-5H3,(H,28,31)/t24-/m0/s1. The monoisotopic (exact) mass is 487 g/mol. The fourth-order valence-corrected chi connectivity index (χ4v) is 4.07. The number of nitrogens with one attached hydrogen (secondary N) is 1. The van der Waals surface area contributed by atoms with Crippen molar-refractivity contribution >= 4 is 11.8 Å². The topological polar surface area (TPSA) is 80.3 Å². The second-order valence-corrected chi connectivity index (χ2v) is 8.87. The van der Waals surface area contributed by atoms with Crippen molar-refractivity contribution in [2.45, 2.75) is 26.4 Å². The molecule has 0 aliphatic carbocycles. The SMILES string of the molecule is COc1cc(OC)cc(C(=O)N[C@H](C(=O)N2CCN(Cc3ccc(OC)c(F)c3)CC2)C(C)C)c1. The van der Waals surface area contributed by atoms with E-state index in [0.717, 1.165) is 5.56 Å². The normalized spacial score (nSPS) is 15.0. The zero-order valence-corrected chi connectivity index (χ0v) is 21.0. The maximum atomic E-state index is 14.0. The van der Waals surface area contributed by atoms with Gasteiger partial charge in [-0.25, -0.2) is 4.39 Å². The zero-order valence-electron chi connectivity index (χ0n) is 21.0. The molecule has 9 heteroatoms. The van der Waals surface area contributed by atoms with Gasteiger partial charge in [-0.1, -0.05) is 19.9 Å². The highest BCUT2D eigenvalue weighted by Crippen LogP contribution is 2.23. The van der Waals surface area contributed by atoms with Crippen molar-refractivity contribution in [3.05, 3.63) is 53.3 Å². The average molecular weight is 488 g/mol. The first kappa shape index (κ1) is 26.3. The van der Waals surface area contributed by atoms with Crippen molar-refractivity contribution in [2.75, 3.05) is 47.5 Å². The lowest BCUT2D eigenvalue weighted by Gasteiger charge is -2.37. The molecule has 1 fully saturated rings. The van der Waals surface area contributed by atoms with Crippen LogP contribution in [0.4, 0.5) is 4.39 Å². The van der Waals surface area contributed by atoms with Crippen LogP contribution in [0.5, 0.6) is 17.2 Å². The fourth-order valence-electron chi connectivity index (χ4n) is 4.07. The number of hydrogen-bond acceptors (Lipinski definition) is 6. The quantitative estimate of drug-likeness (QED) is 0.586. The third kappa shape index (κ3) is 6.63. The molecule has 0 aromatic heterocycles. The Kier molecular flexibility index (Phi) is 8.92. The van der Waals surface area contributed by atoms with Gasteiger partial charge in [-0.2, -0.15) is 0 Å². The number of ether oxygens (including phenoxy) is 3. The van der Waals surface area contributed by atoms with E-state index in [1.807, 2.05) is 19.9 Å². The van der Waals surface area contributed by atoms with E-state index >= 15 is 0 Å². The van der Waals surface area contributed by atoms with Crippen LogP contribution in [0, 0.1) is 11.7 Å². The highest BCUT2D eigenvalue weighted by molar-refractivity contribution is 5.98. The maximum absolute atomic E-state index is 14.0. The summed E-state index contributed by atoms with van der Waals surface area (Å²) >= 11 is 0. The van der Waals surface area contributed by atoms with Gasteiger partial charge < -0.3 is 24.4 Å². The largest absolute Gasteiger partial charge is 0.497 e. The highest BCUT2D eigenvalue weighted by Gasteiger charge is 2.31. The van der Waals surface area contributed by atoms with E-state index in [2.05, 4.69) is 10.2 Å². The highest BCUT2D eigenvalue weighted by atomic mass is 19.1. The van der Waals surface area contributed by atoms with Crippen LogP contribution in [0.1, 0.15) is 29.8 Å². The zero-order chi connectivity index (χ0) is 25.5. The van der Waals surface area contributed by atoms with E-state index in [1.165, 1.54) is 27.4 Å². The molecule has 0 unspecified atom stereocenters. The number of piperazine rings is 1. The maximum Gasteiger partial charge on any atom is 0.252 e. The third-order valence-electron chi connectivity index (χ3n) is 6.14. The molecular formula is C26H34FN3O5. The molecule has 1 aliphatic rings. The Morgan fingerprint density at radius 3 is 2.09 bits per heavy atom. The molecule has 0 spiro atoms. The van der Waals surface area contributed by atoms with Gasteiger partial charge in [0.1, 0.15) is 17.5 Å². The third-order valence-corrected chi connectivity index (χ3v) is 6.14. The van der Waals surface area contributed by atoms with Crippen molar-refractivity contribution in [1.29, 1.82) is 0 Å². The van der Waals surface area contributed by atoms with Crippen LogP contribution in [0.2, 0.25) is 0 Å². The minimum Gasteiger partial charge on any atom is -0.497 e. The van der Waals surface area contributed by atoms with Crippen LogP contribution in [-0.4, -0.2) is 75.2 Å². The van der Waals surface area contributed by atoms with E-state index in [-0.39, 0.29) is 29.3 Å². The Morgan fingerprint density at radius 1 is 0.943 bits per heavy atom. The number of rotatable bonds is 9. The molecular weight excluding hydrogens is 453 g/mol. The smallest absolute Gasteiger partial charge is 0.252 e. The predicted molar refractivity (Wildman–Crippen MR) is 130 cm³/mol. The first-order chi connectivity index (χ1) is 16.7. The van der Waals surface area contributed by atoms with Crippen molar-refractivity contribution in [1.82, 2.24) is 15.1 Å². The lowest BCUT2D eigenvalue weighted by atomic mass is 10.0. The molecule has 35 heavy (non-hydrogen) atoms. The average Bonchev–Trinajstić information content (AvgIpc) is 2.86. The summed E-state index contributed by atoms with van der Waals surface area (Å²) in [5.41, 5.74) is 1.21. The molecule has 0 saturated carbocycles. The fraction of sp³-hybridized carbons (Fsp3) is 0.462. The first-order valence-corrected chi connectivity index (χ1v) is 11.6. The lowest BCUT2D eigenvalue weighted by molar-refractivity contribution is -0.136. The van der Waals surface area contributed by atoms with Crippen LogP contribution in [0.3, 0.4) is 0 Å². The van der Waals surface area contributed by atoms with Crippen LogP contribution < -0.4 is 19.5 Å². The number of carbonyl (C=O) groups excluding carboxylic acids is 2. The summed E-state index contributed by atoms with van der Waals surface area (Å²) in [6.07, 6.45) is 0. The molecule has 8 nitrogen and oxygen atoms in total. The minimum atomic E-state index is -0.665. The van der Waals surface area contributed by atoms with Gasteiger partial charge in [0, 0.05) is 44.4 Å². The van der Waals surface area contributed by atoms with Gasteiger partial charge in [0.15, 0.2) is 11.6 Å². The van der Waals surface area contributed by atoms with Gasteiger partial charge in [0.2, 0.25) is 5.91 Å². The van der Waals surface area contributed by atoms with Gasteiger partial charge in [-0.3, -0.25) is 14.5 Å². The van der Waals surface area contributed by atoms with Gasteiger partial charge in [0.05, 0.1) is 21.3 Å². The van der Waals surface area contributed by atoms with Gasteiger partial charge in [-0.05, 0) is 35.7 Å². The second kappa shape index (κ2) is 11.9. The summed E-state index contributed by atoms with van der Waals surface area (Å²) in [6.45, 7) is 6.78. The molecule has 1 saturated heterocycles. The number of methoxy groups -OCH3 is 3. The number of hydrogen-bond donors (Lipinski definition) is 1. The van der Waals surface area contributed by atoms with Crippen LogP contribution >= 0.6 is 0 Å². The Hall–Kier alpha value is -3.33. The molecule has 190 valence electrons.